The lowest BCUT2D eigenvalue weighted by molar-refractivity contribution is 0.227. The average molecular weight is 265 g/mol. The Kier molecular flexibility index (Phi) is 4.81. The van der Waals surface area contributed by atoms with E-state index in [2.05, 4.69) is 6.92 Å². The van der Waals surface area contributed by atoms with E-state index in [1.165, 1.54) is 26.4 Å². The highest BCUT2D eigenvalue weighted by atomic mass is 19.1. The van der Waals surface area contributed by atoms with Crippen LogP contribution in [0.4, 0.5) is 4.39 Å². The highest BCUT2D eigenvalue weighted by molar-refractivity contribution is 5.29. The van der Waals surface area contributed by atoms with Crippen LogP contribution < -0.4 is 10.5 Å². The Morgan fingerprint density at radius 2 is 2.16 bits per heavy atom. The van der Waals surface area contributed by atoms with Gasteiger partial charge in [0.2, 0.25) is 0 Å². The fraction of sp³-hybridized carbons (Fsp3) is 0.625. The molecule has 0 aliphatic heterocycles. The molecule has 1 aliphatic rings. The summed E-state index contributed by atoms with van der Waals surface area (Å²) in [7, 11) is 1.49. The number of halogens is 1. The summed E-state index contributed by atoms with van der Waals surface area (Å²) in [6, 6.07) is 5.50. The maximum atomic E-state index is 13.7. The molecule has 0 radical (unpaired) electrons. The summed E-state index contributed by atoms with van der Waals surface area (Å²) >= 11 is 0. The maximum Gasteiger partial charge on any atom is 0.165 e. The molecular formula is C16H24FNO. The SMILES string of the molecule is CCC1CCC(N)C(Cc2ccc(OC)c(F)c2)C1. The van der Waals surface area contributed by atoms with Crippen molar-refractivity contribution in [2.24, 2.45) is 17.6 Å². The summed E-state index contributed by atoms with van der Waals surface area (Å²) < 4.78 is 18.6. The minimum Gasteiger partial charge on any atom is -0.494 e. The summed E-state index contributed by atoms with van der Waals surface area (Å²) in [5.74, 6) is 1.29. The summed E-state index contributed by atoms with van der Waals surface area (Å²) in [5.41, 5.74) is 7.24. The zero-order valence-electron chi connectivity index (χ0n) is 11.9. The van der Waals surface area contributed by atoms with Crippen molar-refractivity contribution < 1.29 is 9.13 Å². The molecule has 2 N–H and O–H groups in total. The monoisotopic (exact) mass is 265 g/mol. The Labute approximate surface area is 115 Å². The first-order valence-electron chi connectivity index (χ1n) is 7.22. The quantitative estimate of drug-likeness (QED) is 0.904. The van der Waals surface area contributed by atoms with Crippen molar-refractivity contribution in [3.05, 3.63) is 29.6 Å². The molecule has 0 saturated heterocycles. The molecule has 106 valence electrons. The van der Waals surface area contributed by atoms with Gasteiger partial charge in [-0.05, 0) is 55.2 Å². The molecule has 2 rings (SSSR count). The van der Waals surface area contributed by atoms with E-state index < -0.39 is 0 Å². The minimum atomic E-state index is -0.281. The van der Waals surface area contributed by atoms with E-state index in [0.717, 1.165) is 24.3 Å². The predicted molar refractivity (Wildman–Crippen MR) is 75.8 cm³/mol. The van der Waals surface area contributed by atoms with E-state index in [-0.39, 0.29) is 11.9 Å². The molecule has 1 fully saturated rings. The lowest BCUT2D eigenvalue weighted by Crippen LogP contribution is -2.37. The third kappa shape index (κ3) is 3.47. The van der Waals surface area contributed by atoms with Crippen molar-refractivity contribution in [1.82, 2.24) is 0 Å². The van der Waals surface area contributed by atoms with Crippen LogP contribution in [0.15, 0.2) is 18.2 Å². The van der Waals surface area contributed by atoms with Crippen LogP contribution in [0.25, 0.3) is 0 Å². The molecule has 1 saturated carbocycles. The number of nitrogens with two attached hydrogens (primary N) is 1. The molecule has 0 heterocycles. The normalized spacial score (nSPS) is 27.3. The number of ether oxygens (including phenoxy) is 1. The molecule has 0 bridgehead atoms. The van der Waals surface area contributed by atoms with Gasteiger partial charge in [0, 0.05) is 6.04 Å². The van der Waals surface area contributed by atoms with Gasteiger partial charge in [-0.2, -0.15) is 0 Å². The molecule has 3 atom stereocenters. The van der Waals surface area contributed by atoms with Crippen molar-refractivity contribution >= 4 is 0 Å². The Hall–Kier alpha value is -1.09. The van der Waals surface area contributed by atoms with Gasteiger partial charge >= 0.3 is 0 Å². The Morgan fingerprint density at radius 3 is 2.79 bits per heavy atom. The number of benzene rings is 1. The summed E-state index contributed by atoms with van der Waals surface area (Å²) in [4.78, 5) is 0. The van der Waals surface area contributed by atoms with Gasteiger partial charge in [-0.3, -0.25) is 0 Å². The standard InChI is InChI=1S/C16H24FNO/c1-3-11-4-6-15(18)13(8-11)9-12-5-7-16(19-2)14(17)10-12/h5,7,10-11,13,15H,3-4,6,8-9,18H2,1-2H3. The van der Waals surface area contributed by atoms with E-state index in [1.807, 2.05) is 6.07 Å². The minimum absolute atomic E-state index is 0.257. The van der Waals surface area contributed by atoms with Gasteiger partial charge in [-0.1, -0.05) is 19.4 Å². The molecule has 1 aromatic rings. The van der Waals surface area contributed by atoms with E-state index in [0.29, 0.717) is 11.7 Å². The Bertz CT molecular complexity index is 421. The molecule has 1 aliphatic carbocycles. The molecule has 1 aromatic carbocycles. The van der Waals surface area contributed by atoms with Gasteiger partial charge in [0.05, 0.1) is 7.11 Å². The van der Waals surface area contributed by atoms with E-state index in [1.54, 1.807) is 12.1 Å². The zero-order chi connectivity index (χ0) is 13.8. The predicted octanol–water partition coefficient (Wildman–Crippen LogP) is 3.53. The van der Waals surface area contributed by atoms with Crippen LogP contribution in [0.5, 0.6) is 5.75 Å². The summed E-state index contributed by atoms with van der Waals surface area (Å²) in [5, 5.41) is 0. The van der Waals surface area contributed by atoms with Crippen molar-refractivity contribution in [2.75, 3.05) is 7.11 Å². The zero-order valence-corrected chi connectivity index (χ0v) is 11.9. The molecule has 2 nitrogen and oxygen atoms in total. The maximum absolute atomic E-state index is 13.7. The van der Waals surface area contributed by atoms with Crippen LogP contribution in [0, 0.1) is 17.7 Å². The van der Waals surface area contributed by atoms with Crippen LogP contribution >= 0.6 is 0 Å². The Balaban J connectivity index is 2.05. The van der Waals surface area contributed by atoms with Gasteiger partial charge in [0.1, 0.15) is 0 Å². The molecule has 3 unspecified atom stereocenters. The van der Waals surface area contributed by atoms with Crippen LogP contribution in [-0.2, 0) is 6.42 Å². The molecule has 19 heavy (non-hydrogen) atoms. The third-order valence-corrected chi connectivity index (χ3v) is 4.44. The van der Waals surface area contributed by atoms with Gasteiger partial charge < -0.3 is 10.5 Å². The van der Waals surface area contributed by atoms with Gasteiger partial charge in [-0.25, -0.2) is 4.39 Å². The van der Waals surface area contributed by atoms with Crippen molar-refractivity contribution in [3.8, 4) is 5.75 Å². The van der Waals surface area contributed by atoms with Crippen LogP contribution in [0.1, 0.15) is 38.2 Å². The summed E-state index contributed by atoms with van der Waals surface area (Å²) in [6.07, 6.45) is 5.61. The number of hydrogen-bond acceptors (Lipinski definition) is 2. The van der Waals surface area contributed by atoms with E-state index >= 15 is 0 Å². The number of methoxy groups -OCH3 is 1. The van der Waals surface area contributed by atoms with Gasteiger partial charge in [0.25, 0.3) is 0 Å². The van der Waals surface area contributed by atoms with Crippen molar-refractivity contribution in [2.45, 2.75) is 45.1 Å². The third-order valence-electron chi connectivity index (χ3n) is 4.44. The Morgan fingerprint density at radius 1 is 1.37 bits per heavy atom. The van der Waals surface area contributed by atoms with E-state index in [4.69, 9.17) is 10.5 Å². The fourth-order valence-electron chi connectivity index (χ4n) is 3.13. The molecule has 0 amide bonds. The van der Waals surface area contributed by atoms with Crippen molar-refractivity contribution in [1.29, 1.82) is 0 Å². The molecule has 0 aromatic heterocycles. The number of hydrogen-bond donors (Lipinski definition) is 1. The molecular weight excluding hydrogens is 241 g/mol. The van der Waals surface area contributed by atoms with Gasteiger partial charge in [-0.15, -0.1) is 0 Å². The van der Waals surface area contributed by atoms with E-state index in [9.17, 15) is 4.39 Å². The lowest BCUT2D eigenvalue weighted by Gasteiger charge is -2.34. The smallest absolute Gasteiger partial charge is 0.165 e. The largest absolute Gasteiger partial charge is 0.494 e. The first-order chi connectivity index (χ1) is 9.13. The average Bonchev–Trinajstić information content (AvgIpc) is 2.41. The lowest BCUT2D eigenvalue weighted by atomic mass is 9.75. The summed E-state index contributed by atoms with van der Waals surface area (Å²) in [6.45, 7) is 2.24. The first-order valence-corrected chi connectivity index (χ1v) is 7.22. The number of rotatable bonds is 4. The second-order valence-corrected chi connectivity index (χ2v) is 5.68. The van der Waals surface area contributed by atoms with Crippen LogP contribution in [-0.4, -0.2) is 13.2 Å². The topological polar surface area (TPSA) is 35.2 Å². The van der Waals surface area contributed by atoms with Crippen molar-refractivity contribution in [3.63, 3.8) is 0 Å². The van der Waals surface area contributed by atoms with Crippen LogP contribution in [0.2, 0.25) is 0 Å². The molecule has 0 spiro atoms. The van der Waals surface area contributed by atoms with Gasteiger partial charge in [0.15, 0.2) is 11.6 Å². The van der Waals surface area contributed by atoms with Crippen LogP contribution in [0.3, 0.4) is 0 Å². The second kappa shape index (κ2) is 6.38. The second-order valence-electron chi connectivity index (χ2n) is 5.68. The fourth-order valence-corrected chi connectivity index (χ4v) is 3.13. The highest BCUT2D eigenvalue weighted by Gasteiger charge is 2.27. The molecule has 3 heteroatoms. The highest BCUT2D eigenvalue weighted by Crippen LogP contribution is 2.33. The first kappa shape index (κ1) is 14.3.